The third kappa shape index (κ3) is 5.90. The number of aryl methyl sites for hydroxylation is 2. The number of amides is 2. The molecule has 3 heterocycles. The van der Waals surface area contributed by atoms with Crippen molar-refractivity contribution in [3.8, 4) is 28.3 Å². The summed E-state index contributed by atoms with van der Waals surface area (Å²) in [4.78, 5) is 41.7. The molecule has 1 fully saturated rings. The highest BCUT2D eigenvalue weighted by Crippen LogP contribution is 2.45. The fraction of sp³-hybridized carbons (Fsp3) is 0.281. The molecule has 2 amide bonds. The zero-order chi connectivity index (χ0) is 31.8. The lowest BCUT2D eigenvalue weighted by atomic mass is 9.98. The molecule has 3 N–H and O–H groups in total. The molecule has 1 aliphatic heterocycles. The zero-order valence-corrected chi connectivity index (χ0v) is 25.9. The first-order valence-corrected chi connectivity index (χ1v) is 15.1. The number of nitrogens with one attached hydrogen (secondary N) is 3. The molecule has 2 aromatic carbocycles. The first-order chi connectivity index (χ1) is 21.7. The second-order valence-corrected chi connectivity index (χ2v) is 11.7. The number of benzene rings is 2. The number of halogens is 3. The van der Waals surface area contributed by atoms with E-state index in [2.05, 4.69) is 21.0 Å². The van der Waals surface area contributed by atoms with E-state index in [1.54, 1.807) is 25.3 Å². The molecule has 0 radical (unpaired) electrons. The van der Waals surface area contributed by atoms with Gasteiger partial charge in [-0.25, -0.2) is 14.1 Å². The summed E-state index contributed by atoms with van der Waals surface area (Å²) in [5, 5.41) is 13.1. The van der Waals surface area contributed by atoms with Crippen LogP contribution in [0.25, 0.3) is 22.4 Å². The van der Waals surface area contributed by atoms with Crippen LogP contribution in [-0.2, 0) is 18.3 Å². The lowest BCUT2D eigenvalue weighted by Gasteiger charge is -2.20. The van der Waals surface area contributed by atoms with Gasteiger partial charge in [0.2, 0.25) is 11.8 Å². The number of hydrogen-bond donors (Lipinski definition) is 3. The predicted molar refractivity (Wildman–Crippen MR) is 169 cm³/mol. The van der Waals surface area contributed by atoms with Gasteiger partial charge in [0.1, 0.15) is 11.4 Å². The van der Waals surface area contributed by atoms with Crippen LogP contribution in [0.5, 0.6) is 5.88 Å². The van der Waals surface area contributed by atoms with E-state index in [0.717, 1.165) is 35.1 Å². The van der Waals surface area contributed by atoms with Crippen LogP contribution in [-0.4, -0.2) is 46.3 Å². The molecule has 2 aliphatic rings. The molecule has 1 aliphatic carbocycles. The third-order valence-electron chi connectivity index (χ3n) is 8.18. The van der Waals surface area contributed by atoms with Gasteiger partial charge in [-0.3, -0.25) is 14.4 Å². The molecule has 6 rings (SSSR count). The molecule has 2 aromatic heterocycles. The Kier molecular flexibility index (Phi) is 8.59. The first-order valence-electron chi connectivity index (χ1n) is 14.4. The molecule has 13 heteroatoms. The highest BCUT2D eigenvalue weighted by Gasteiger charge is 2.30. The van der Waals surface area contributed by atoms with E-state index in [-0.39, 0.29) is 44.9 Å². The fourth-order valence-electron chi connectivity index (χ4n) is 5.91. The van der Waals surface area contributed by atoms with Gasteiger partial charge in [-0.1, -0.05) is 41.4 Å². The van der Waals surface area contributed by atoms with Crippen LogP contribution < -0.4 is 26.2 Å². The van der Waals surface area contributed by atoms with Crippen LogP contribution >= 0.6 is 23.2 Å². The van der Waals surface area contributed by atoms with Crippen molar-refractivity contribution in [2.24, 2.45) is 7.05 Å². The minimum Gasteiger partial charge on any atom is -0.481 e. The Labute approximate surface area is 267 Å². The molecule has 10 nitrogen and oxygen atoms in total. The van der Waals surface area contributed by atoms with Gasteiger partial charge < -0.3 is 20.7 Å². The lowest BCUT2D eigenvalue weighted by Crippen LogP contribution is -2.36. The molecular formula is C32H29Cl2FN6O4. The second-order valence-electron chi connectivity index (χ2n) is 11.0. The highest BCUT2D eigenvalue weighted by atomic mass is 35.5. The maximum absolute atomic E-state index is 15.4. The number of hydrogen-bond acceptors (Lipinski definition) is 7. The molecule has 2 atom stereocenters. The zero-order valence-electron chi connectivity index (χ0n) is 24.4. The van der Waals surface area contributed by atoms with Gasteiger partial charge in [-0.05, 0) is 49.1 Å². The van der Waals surface area contributed by atoms with Crippen molar-refractivity contribution in [2.75, 3.05) is 19.0 Å². The lowest BCUT2D eigenvalue weighted by molar-refractivity contribution is -0.119. The smallest absolute Gasteiger partial charge is 0.279 e. The first kappa shape index (κ1) is 30.7. The molecule has 45 heavy (non-hydrogen) atoms. The average Bonchev–Trinajstić information content (AvgIpc) is 3.64. The third-order valence-corrected chi connectivity index (χ3v) is 8.98. The number of carbonyl (C=O) groups excluding carboxylic acids is 2. The summed E-state index contributed by atoms with van der Waals surface area (Å²) in [6, 6.07) is 11.0. The largest absolute Gasteiger partial charge is 0.481 e. The number of anilines is 1. The van der Waals surface area contributed by atoms with Gasteiger partial charge in [-0.2, -0.15) is 5.10 Å². The van der Waals surface area contributed by atoms with E-state index >= 15 is 4.39 Å². The molecule has 232 valence electrons. The molecule has 1 saturated heterocycles. The van der Waals surface area contributed by atoms with Crippen molar-refractivity contribution in [1.29, 1.82) is 0 Å². The number of carbonyl (C=O) groups is 2. The minimum atomic E-state index is -0.715. The molecule has 4 aromatic rings. The van der Waals surface area contributed by atoms with Crippen LogP contribution in [0, 0.1) is 5.82 Å². The molecule has 0 saturated carbocycles. The van der Waals surface area contributed by atoms with Gasteiger partial charge in [0.25, 0.3) is 11.5 Å². The van der Waals surface area contributed by atoms with E-state index < -0.39 is 17.3 Å². The standard InChI is InChI=1S/C32H29Cl2FN6O4/c1-41-32(44)20(12-13-37-41)30(43)39-23-10-8-21(35)27(29(23)34)19-5-3-4-18(28(19)33)24-14-16-6-9-22(26(16)31(40-24)45-2)36-15-17-7-11-25(42)38-17/h3-5,8,10,12-14,17,22,36H,6-7,9,11,15H2,1-2H3,(H,38,42)(H,39,43). The maximum Gasteiger partial charge on any atom is 0.279 e. The van der Waals surface area contributed by atoms with E-state index in [0.29, 0.717) is 35.7 Å². The highest BCUT2D eigenvalue weighted by molar-refractivity contribution is 6.39. The van der Waals surface area contributed by atoms with Crippen molar-refractivity contribution in [3.63, 3.8) is 0 Å². The summed E-state index contributed by atoms with van der Waals surface area (Å²) in [6.45, 7) is 0.652. The topological polar surface area (TPSA) is 127 Å². The van der Waals surface area contributed by atoms with Gasteiger partial charge in [-0.15, -0.1) is 0 Å². The Morgan fingerprint density at radius 2 is 1.91 bits per heavy atom. The maximum atomic E-state index is 15.4. The quantitative estimate of drug-likeness (QED) is 0.243. The van der Waals surface area contributed by atoms with Crippen LogP contribution in [0.15, 0.2) is 53.5 Å². The number of rotatable bonds is 8. The van der Waals surface area contributed by atoms with E-state index in [9.17, 15) is 14.4 Å². The van der Waals surface area contributed by atoms with Crippen molar-refractivity contribution in [1.82, 2.24) is 25.4 Å². The van der Waals surface area contributed by atoms with Gasteiger partial charge in [0.05, 0.1) is 28.5 Å². The molecule has 0 bridgehead atoms. The number of aromatic nitrogens is 3. The second kappa shape index (κ2) is 12.6. The van der Waals surface area contributed by atoms with E-state index in [1.807, 2.05) is 6.07 Å². The Bertz CT molecular complexity index is 1900. The summed E-state index contributed by atoms with van der Waals surface area (Å²) in [6.07, 6.45) is 4.31. The van der Waals surface area contributed by atoms with E-state index in [1.165, 1.54) is 31.4 Å². The predicted octanol–water partition coefficient (Wildman–Crippen LogP) is 5.07. The molecule has 2 unspecified atom stereocenters. The van der Waals surface area contributed by atoms with Gasteiger partial charge >= 0.3 is 0 Å². The van der Waals surface area contributed by atoms with Crippen molar-refractivity contribution in [2.45, 2.75) is 37.8 Å². The Hall–Kier alpha value is -4.32. The van der Waals surface area contributed by atoms with Crippen LogP contribution in [0.4, 0.5) is 10.1 Å². The Morgan fingerprint density at radius 3 is 2.67 bits per heavy atom. The number of ether oxygens (including phenoxy) is 1. The van der Waals surface area contributed by atoms with Crippen molar-refractivity contribution in [3.05, 3.63) is 91.6 Å². The minimum absolute atomic E-state index is 0.0136. The number of fused-ring (bicyclic) bond motifs is 1. The number of pyridine rings is 1. The summed E-state index contributed by atoms with van der Waals surface area (Å²) in [7, 11) is 2.99. The normalized spacial score (nSPS) is 17.2. The number of nitrogens with zero attached hydrogens (tertiary/aromatic N) is 3. The Balaban J connectivity index is 1.31. The van der Waals surface area contributed by atoms with E-state index in [4.69, 9.17) is 32.9 Å². The van der Waals surface area contributed by atoms with Crippen molar-refractivity contribution < 1.29 is 18.7 Å². The summed E-state index contributed by atoms with van der Waals surface area (Å²) < 4.78 is 22.1. The summed E-state index contributed by atoms with van der Waals surface area (Å²) in [5.41, 5.74) is 2.78. The van der Waals surface area contributed by atoms with Crippen LogP contribution in [0.3, 0.4) is 0 Å². The fourth-order valence-corrected chi connectivity index (χ4v) is 6.53. The van der Waals surface area contributed by atoms with Crippen molar-refractivity contribution >= 4 is 40.7 Å². The van der Waals surface area contributed by atoms with Gasteiger partial charge in [0, 0.05) is 60.5 Å². The molecule has 0 spiro atoms. The average molecular weight is 652 g/mol. The Morgan fingerprint density at radius 1 is 1.11 bits per heavy atom. The molecular weight excluding hydrogens is 622 g/mol. The SMILES string of the molecule is COc1nc(-c2cccc(-c3c(F)ccc(NC(=O)c4ccnn(C)c4=O)c3Cl)c2Cl)cc2c1C(NCC1CCC(=O)N1)CC2. The summed E-state index contributed by atoms with van der Waals surface area (Å²) >= 11 is 13.6. The number of methoxy groups -OCH3 is 1. The van der Waals surface area contributed by atoms with Crippen LogP contribution in [0.2, 0.25) is 10.0 Å². The monoisotopic (exact) mass is 650 g/mol. The van der Waals surface area contributed by atoms with Gasteiger partial charge in [0.15, 0.2) is 0 Å². The summed E-state index contributed by atoms with van der Waals surface area (Å²) in [5.74, 6) is -0.826. The van der Waals surface area contributed by atoms with Crippen LogP contribution in [0.1, 0.15) is 46.8 Å².